The fourth-order valence-corrected chi connectivity index (χ4v) is 1.13. The largest absolute Gasteiger partial charge is 0.347 e. The minimum Gasteiger partial charge on any atom is -0.258 e. The number of nitrogens with zero attached hydrogens (tertiary/aromatic N) is 3. The zero-order chi connectivity index (χ0) is 11.6. The lowest BCUT2D eigenvalue weighted by molar-refractivity contribution is -0.422. The lowest BCUT2D eigenvalue weighted by Crippen LogP contribution is -1.97. The Balaban J connectivity index is 3.54. The van der Waals surface area contributed by atoms with Gasteiger partial charge in [0.15, 0.2) is 0 Å². The number of rotatable bonds is 2. The molecule has 0 aromatic heterocycles. The van der Waals surface area contributed by atoms with Gasteiger partial charge >= 0.3 is 11.4 Å². The van der Waals surface area contributed by atoms with Gasteiger partial charge in [-0.25, -0.2) is 0 Å². The molecule has 7 nitrogen and oxygen atoms in total. The third-order valence-corrected chi connectivity index (χ3v) is 1.89. The Kier molecular flexibility index (Phi) is 2.82. The van der Waals surface area contributed by atoms with E-state index in [0.717, 1.165) is 12.1 Å². The van der Waals surface area contributed by atoms with Gasteiger partial charge < -0.3 is 0 Å². The Morgan fingerprint density at radius 2 is 1.67 bits per heavy atom. The number of hydrogen-bond donors (Lipinski definition) is 0. The first kappa shape index (κ1) is 10.9. The summed E-state index contributed by atoms with van der Waals surface area (Å²) in [5, 5.41) is 29.2. The van der Waals surface area contributed by atoms with Crippen LogP contribution in [-0.4, -0.2) is 9.85 Å². The molecule has 15 heavy (non-hydrogen) atoms. The molecule has 0 radical (unpaired) electrons. The molecule has 1 aromatic rings. The molecule has 0 bridgehead atoms. The molecule has 1 aromatic carbocycles. The van der Waals surface area contributed by atoms with Crippen LogP contribution >= 0.6 is 11.6 Å². The van der Waals surface area contributed by atoms with Crippen LogP contribution < -0.4 is 0 Å². The van der Waals surface area contributed by atoms with Crippen LogP contribution in [0.1, 0.15) is 5.56 Å². The maximum Gasteiger partial charge on any atom is 0.347 e. The minimum absolute atomic E-state index is 0.172. The number of hydrogen-bond acceptors (Lipinski definition) is 5. The number of nitro benzene ring substituents is 2. The van der Waals surface area contributed by atoms with E-state index in [1.165, 1.54) is 0 Å². The van der Waals surface area contributed by atoms with Gasteiger partial charge in [0.1, 0.15) is 6.07 Å². The predicted octanol–water partition coefficient (Wildman–Crippen LogP) is 2.03. The first-order valence-electron chi connectivity index (χ1n) is 3.49. The van der Waals surface area contributed by atoms with Gasteiger partial charge in [0.25, 0.3) is 0 Å². The maximum absolute atomic E-state index is 10.5. The molecule has 0 aliphatic heterocycles. The topological polar surface area (TPSA) is 110 Å². The monoisotopic (exact) mass is 227 g/mol. The van der Waals surface area contributed by atoms with Gasteiger partial charge in [0.05, 0.1) is 20.4 Å². The van der Waals surface area contributed by atoms with Gasteiger partial charge in [-0.3, -0.25) is 20.2 Å². The van der Waals surface area contributed by atoms with Gasteiger partial charge in [0, 0.05) is 12.1 Å². The minimum atomic E-state index is -0.935. The van der Waals surface area contributed by atoms with Gasteiger partial charge in [-0.15, -0.1) is 0 Å². The summed E-state index contributed by atoms with van der Waals surface area (Å²) in [6.45, 7) is 0. The molecule has 0 aliphatic rings. The summed E-state index contributed by atoms with van der Waals surface area (Å²) in [5.41, 5.74) is -1.65. The second-order valence-electron chi connectivity index (χ2n) is 2.45. The molecular weight excluding hydrogens is 226 g/mol. The van der Waals surface area contributed by atoms with E-state index in [2.05, 4.69) is 0 Å². The van der Waals surface area contributed by atoms with Crippen LogP contribution in [0.3, 0.4) is 0 Å². The molecular formula is C7H2ClN3O4. The van der Waals surface area contributed by atoms with Crippen LogP contribution in [0.5, 0.6) is 0 Å². The van der Waals surface area contributed by atoms with Crippen LogP contribution in [-0.2, 0) is 0 Å². The van der Waals surface area contributed by atoms with E-state index in [1.807, 2.05) is 0 Å². The summed E-state index contributed by atoms with van der Waals surface area (Å²) in [4.78, 5) is 19.0. The van der Waals surface area contributed by atoms with Crippen molar-refractivity contribution in [2.24, 2.45) is 0 Å². The Hall–Kier alpha value is -2.20. The number of halogens is 1. The van der Waals surface area contributed by atoms with Crippen LogP contribution in [0, 0.1) is 31.6 Å². The summed E-state index contributed by atoms with van der Waals surface area (Å²) in [6, 6.07) is 3.17. The number of nitro groups is 2. The summed E-state index contributed by atoms with van der Waals surface area (Å²) >= 11 is 5.50. The average Bonchev–Trinajstić information content (AvgIpc) is 2.16. The standard InChI is InChI=1S/C7H2ClN3O4/c8-5-2-7(11(14)15)6(10(12)13)1-4(5)3-9/h1-2H. The normalized spacial score (nSPS) is 9.33. The van der Waals surface area contributed by atoms with Gasteiger partial charge in [-0.05, 0) is 0 Å². The summed E-state index contributed by atoms with van der Waals surface area (Å²) in [7, 11) is 0. The molecule has 8 heteroatoms. The smallest absolute Gasteiger partial charge is 0.258 e. The lowest BCUT2D eigenvalue weighted by Gasteiger charge is -1.97. The van der Waals surface area contributed by atoms with Crippen molar-refractivity contribution < 1.29 is 9.85 Å². The number of nitriles is 1. The van der Waals surface area contributed by atoms with E-state index < -0.39 is 21.2 Å². The molecule has 0 N–H and O–H groups in total. The predicted molar refractivity (Wildman–Crippen MR) is 49.5 cm³/mol. The molecule has 0 fully saturated rings. The SMILES string of the molecule is N#Cc1cc([N+](=O)[O-])c([N+](=O)[O-])cc1Cl. The molecule has 0 saturated heterocycles. The molecule has 0 atom stereocenters. The van der Waals surface area contributed by atoms with Crippen LogP contribution in [0.2, 0.25) is 5.02 Å². The fraction of sp³-hybridized carbons (Fsp3) is 0. The summed E-state index contributed by atoms with van der Waals surface area (Å²) in [6.07, 6.45) is 0. The summed E-state index contributed by atoms with van der Waals surface area (Å²) < 4.78 is 0. The molecule has 0 unspecified atom stereocenters. The zero-order valence-electron chi connectivity index (χ0n) is 7.01. The zero-order valence-corrected chi connectivity index (χ0v) is 7.76. The molecule has 0 saturated carbocycles. The van der Waals surface area contributed by atoms with Crippen molar-refractivity contribution in [1.82, 2.24) is 0 Å². The molecule has 1 rings (SSSR count). The van der Waals surface area contributed by atoms with E-state index in [0.29, 0.717) is 0 Å². The Bertz CT molecular complexity index is 494. The molecule has 76 valence electrons. The summed E-state index contributed by atoms with van der Waals surface area (Å²) in [5.74, 6) is 0. The van der Waals surface area contributed by atoms with E-state index in [1.54, 1.807) is 6.07 Å². The fourth-order valence-electron chi connectivity index (χ4n) is 0.929. The van der Waals surface area contributed by atoms with Crippen molar-refractivity contribution in [3.05, 3.63) is 42.9 Å². The van der Waals surface area contributed by atoms with Crippen molar-refractivity contribution in [2.45, 2.75) is 0 Å². The van der Waals surface area contributed by atoms with Gasteiger partial charge in [-0.2, -0.15) is 5.26 Å². The molecule has 0 heterocycles. The van der Waals surface area contributed by atoms with Crippen molar-refractivity contribution in [3.63, 3.8) is 0 Å². The van der Waals surface area contributed by atoms with Gasteiger partial charge in [-0.1, -0.05) is 11.6 Å². The molecule has 0 spiro atoms. The highest BCUT2D eigenvalue weighted by Gasteiger charge is 2.26. The first-order chi connectivity index (χ1) is 6.97. The third kappa shape index (κ3) is 2.00. The van der Waals surface area contributed by atoms with Crippen LogP contribution in [0.25, 0.3) is 0 Å². The van der Waals surface area contributed by atoms with E-state index in [4.69, 9.17) is 16.9 Å². The van der Waals surface area contributed by atoms with Crippen LogP contribution in [0.15, 0.2) is 12.1 Å². The highest BCUT2D eigenvalue weighted by atomic mass is 35.5. The Morgan fingerprint density at radius 3 is 2.07 bits per heavy atom. The van der Waals surface area contributed by atoms with Crippen molar-refractivity contribution in [2.75, 3.05) is 0 Å². The Labute approximate surface area is 87.8 Å². The quantitative estimate of drug-likeness (QED) is 0.567. The first-order valence-corrected chi connectivity index (χ1v) is 3.87. The van der Waals surface area contributed by atoms with Gasteiger partial charge in [0.2, 0.25) is 0 Å². The Morgan fingerprint density at radius 1 is 1.20 bits per heavy atom. The van der Waals surface area contributed by atoms with E-state index in [-0.39, 0.29) is 10.6 Å². The van der Waals surface area contributed by atoms with Crippen LogP contribution in [0.4, 0.5) is 11.4 Å². The van der Waals surface area contributed by atoms with Crippen molar-refractivity contribution in [3.8, 4) is 6.07 Å². The molecule has 0 amide bonds. The number of benzene rings is 1. The second-order valence-corrected chi connectivity index (χ2v) is 2.85. The average molecular weight is 228 g/mol. The van der Waals surface area contributed by atoms with E-state index >= 15 is 0 Å². The second kappa shape index (κ2) is 3.89. The van der Waals surface area contributed by atoms with E-state index in [9.17, 15) is 20.2 Å². The highest BCUT2D eigenvalue weighted by molar-refractivity contribution is 6.32. The lowest BCUT2D eigenvalue weighted by atomic mass is 10.2. The maximum atomic E-state index is 10.5. The van der Waals surface area contributed by atoms with Crippen molar-refractivity contribution >= 4 is 23.0 Å². The van der Waals surface area contributed by atoms with Crippen molar-refractivity contribution in [1.29, 1.82) is 5.26 Å². The highest BCUT2D eigenvalue weighted by Crippen LogP contribution is 2.32. The third-order valence-electron chi connectivity index (χ3n) is 1.58. The molecule has 0 aliphatic carbocycles.